The predicted octanol–water partition coefficient (Wildman–Crippen LogP) is 4.16. The number of hydrogen-bond donors (Lipinski definition) is 0. The highest BCUT2D eigenvalue weighted by Gasteiger charge is 2.25. The van der Waals surface area contributed by atoms with E-state index in [0.717, 1.165) is 6.08 Å². The number of thiazole rings is 1. The zero-order chi connectivity index (χ0) is 19.5. The maximum Gasteiger partial charge on any atom is 0.225 e. The predicted molar refractivity (Wildman–Crippen MR) is 103 cm³/mol. The monoisotopic (exact) mass is 429 g/mol. The zero-order valence-corrected chi connectivity index (χ0v) is 16.9. The summed E-state index contributed by atoms with van der Waals surface area (Å²) in [6.07, 6.45) is 1.14. The van der Waals surface area contributed by atoms with Crippen LogP contribution in [0.15, 0.2) is 33.4 Å². The van der Waals surface area contributed by atoms with Gasteiger partial charge in [0.05, 0.1) is 15.6 Å². The fourth-order valence-corrected chi connectivity index (χ4v) is 4.85. The number of rotatable bonds is 5. The number of allylic oxidation sites excluding steroid dienone is 1. The van der Waals surface area contributed by atoms with E-state index in [1.165, 1.54) is 41.4 Å². The molecule has 6 nitrogen and oxygen atoms in total. The van der Waals surface area contributed by atoms with Crippen LogP contribution in [0.4, 0.5) is 5.13 Å². The fraction of sp³-hybridized carbons (Fsp3) is 0.188. The number of carbonyl (C=O) groups is 1. The first-order chi connectivity index (χ1) is 12.2. The lowest BCUT2D eigenvalue weighted by molar-refractivity contribution is -0.116. The minimum atomic E-state index is -4.17. The summed E-state index contributed by atoms with van der Waals surface area (Å²) in [7, 11) is -4.17. The number of nitrogens with zero attached hydrogens (tertiary/aromatic N) is 3. The highest BCUT2D eigenvalue weighted by Crippen LogP contribution is 2.31. The molecular formula is C16H13Cl2N3O3S2. The standard InChI is InChI=1S/C16H13Cl2N3O3S2/c1-3-21(10(2)22)16-20-12(9-25-16)7-13(8-19)26(23,24)15-6-11(17)4-5-14(15)18/h4-7,9H,3H2,1-2H3/b13-7-. The number of anilines is 1. The summed E-state index contributed by atoms with van der Waals surface area (Å²) in [6.45, 7) is 3.63. The Kier molecular flexibility index (Phi) is 6.42. The molecule has 0 fully saturated rings. The molecule has 2 rings (SSSR count). The molecular weight excluding hydrogens is 417 g/mol. The van der Waals surface area contributed by atoms with E-state index in [0.29, 0.717) is 11.7 Å². The van der Waals surface area contributed by atoms with E-state index in [-0.39, 0.29) is 26.5 Å². The lowest BCUT2D eigenvalue weighted by atomic mass is 10.4. The van der Waals surface area contributed by atoms with Crippen LogP contribution < -0.4 is 4.90 Å². The Morgan fingerprint density at radius 1 is 1.42 bits per heavy atom. The van der Waals surface area contributed by atoms with Gasteiger partial charge in [-0.25, -0.2) is 13.4 Å². The van der Waals surface area contributed by atoms with Gasteiger partial charge in [-0.2, -0.15) is 5.26 Å². The molecule has 0 aliphatic rings. The number of carbonyl (C=O) groups excluding carboxylic acids is 1. The Bertz CT molecular complexity index is 1020. The summed E-state index contributed by atoms with van der Waals surface area (Å²) >= 11 is 13.0. The molecule has 136 valence electrons. The third-order valence-corrected chi connectivity index (χ3v) is 6.56. The van der Waals surface area contributed by atoms with Gasteiger partial charge < -0.3 is 0 Å². The van der Waals surface area contributed by atoms with Crippen molar-refractivity contribution in [1.29, 1.82) is 5.26 Å². The van der Waals surface area contributed by atoms with Gasteiger partial charge >= 0.3 is 0 Å². The molecule has 1 amide bonds. The zero-order valence-electron chi connectivity index (χ0n) is 13.7. The second kappa shape index (κ2) is 8.18. The van der Waals surface area contributed by atoms with Crippen molar-refractivity contribution >= 4 is 61.5 Å². The summed E-state index contributed by atoms with van der Waals surface area (Å²) in [5, 5.41) is 11.5. The number of hydrogen-bond acceptors (Lipinski definition) is 6. The fourth-order valence-electron chi connectivity index (χ4n) is 2.06. The molecule has 0 atom stereocenters. The molecule has 0 spiro atoms. The molecule has 0 N–H and O–H groups in total. The molecule has 2 aromatic rings. The highest BCUT2D eigenvalue weighted by molar-refractivity contribution is 7.95. The largest absolute Gasteiger partial charge is 0.289 e. The normalized spacial score (nSPS) is 11.9. The van der Waals surface area contributed by atoms with E-state index in [9.17, 15) is 18.5 Å². The van der Waals surface area contributed by atoms with Crippen LogP contribution in [0.1, 0.15) is 19.5 Å². The average Bonchev–Trinajstić information content (AvgIpc) is 3.03. The SMILES string of the molecule is CCN(C(C)=O)c1nc(/C=C(/C#N)S(=O)(=O)c2cc(Cl)ccc2Cl)cs1. The minimum absolute atomic E-state index is 0.0387. The van der Waals surface area contributed by atoms with Gasteiger partial charge in [-0.15, -0.1) is 11.3 Å². The maximum atomic E-state index is 12.7. The summed E-state index contributed by atoms with van der Waals surface area (Å²) in [6, 6.07) is 5.65. The molecule has 0 aliphatic heterocycles. The molecule has 0 radical (unpaired) electrons. The lowest BCUT2D eigenvalue weighted by Crippen LogP contribution is -2.27. The van der Waals surface area contributed by atoms with Gasteiger partial charge in [0.1, 0.15) is 6.07 Å². The Hall–Kier alpha value is -1.92. The third kappa shape index (κ3) is 4.24. The molecule has 0 saturated carbocycles. The molecule has 0 saturated heterocycles. The quantitative estimate of drug-likeness (QED) is 0.665. The summed E-state index contributed by atoms with van der Waals surface area (Å²) in [5.74, 6) is -0.184. The molecule has 0 aliphatic carbocycles. The minimum Gasteiger partial charge on any atom is -0.289 e. The first kappa shape index (κ1) is 20.4. The van der Waals surface area contributed by atoms with Crippen molar-refractivity contribution in [3.63, 3.8) is 0 Å². The van der Waals surface area contributed by atoms with Crippen LogP contribution in [0.5, 0.6) is 0 Å². The van der Waals surface area contributed by atoms with Crippen molar-refractivity contribution in [2.75, 3.05) is 11.4 Å². The Morgan fingerprint density at radius 3 is 2.69 bits per heavy atom. The molecule has 1 heterocycles. The van der Waals surface area contributed by atoms with Crippen LogP contribution in [0.25, 0.3) is 6.08 Å². The average molecular weight is 430 g/mol. The Balaban J connectivity index is 2.49. The van der Waals surface area contributed by atoms with E-state index >= 15 is 0 Å². The topological polar surface area (TPSA) is 91.1 Å². The maximum absolute atomic E-state index is 12.7. The second-order valence-electron chi connectivity index (χ2n) is 5.02. The second-order valence-corrected chi connectivity index (χ2v) is 8.58. The molecule has 26 heavy (non-hydrogen) atoms. The van der Waals surface area contributed by atoms with Crippen molar-refractivity contribution in [2.45, 2.75) is 18.7 Å². The number of sulfone groups is 1. The van der Waals surface area contributed by atoms with E-state index in [1.54, 1.807) is 18.4 Å². The van der Waals surface area contributed by atoms with Crippen LogP contribution in [0, 0.1) is 11.3 Å². The summed E-state index contributed by atoms with van der Waals surface area (Å²) in [4.78, 5) is 16.5. The van der Waals surface area contributed by atoms with E-state index in [2.05, 4.69) is 4.98 Å². The molecule has 0 unspecified atom stereocenters. The summed E-state index contributed by atoms with van der Waals surface area (Å²) < 4.78 is 25.4. The number of halogens is 2. The van der Waals surface area contributed by atoms with Gasteiger partial charge in [-0.3, -0.25) is 9.69 Å². The number of benzene rings is 1. The smallest absolute Gasteiger partial charge is 0.225 e. The number of amides is 1. The molecule has 1 aromatic carbocycles. The number of nitriles is 1. The van der Waals surface area contributed by atoms with Gasteiger partial charge in [-0.1, -0.05) is 23.2 Å². The van der Waals surface area contributed by atoms with Crippen LogP contribution in [-0.2, 0) is 14.6 Å². The van der Waals surface area contributed by atoms with Gasteiger partial charge in [0.25, 0.3) is 0 Å². The first-order valence-electron chi connectivity index (χ1n) is 7.26. The summed E-state index contributed by atoms with van der Waals surface area (Å²) in [5.41, 5.74) is 0.253. The van der Waals surface area contributed by atoms with Crippen molar-refractivity contribution in [3.8, 4) is 6.07 Å². The van der Waals surface area contributed by atoms with Crippen molar-refractivity contribution in [1.82, 2.24) is 4.98 Å². The Morgan fingerprint density at radius 2 is 2.12 bits per heavy atom. The molecule has 1 aromatic heterocycles. The van der Waals surface area contributed by atoms with E-state index in [4.69, 9.17) is 23.2 Å². The molecule has 10 heteroatoms. The van der Waals surface area contributed by atoms with Gasteiger partial charge in [0.2, 0.25) is 15.7 Å². The Labute approximate surface area is 165 Å². The van der Waals surface area contributed by atoms with Crippen molar-refractivity contribution in [3.05, 3.63) is 44.2 Å². The number of aromatic nitrogens is 1. The van der Waals surface area contributed by atoms with Gasteiger partial charge in [0.15, 0.2) is 10.0 Å². The van der Waals surface area contributed by atoms with Crippen LogP contribution in [0.3, 0.4) is 0 Å². The highest BCUT2D eigenvalue weighted by atomic mass is 35.5. The van der Waals surface area contributed by atoms with E-state index < -0.39 is 14.7 Å². The first-order valence-corrected chi connectivity index (χ1v) is 10.4. The lowest BCUT2D eigenvalue weighted by Gasteiger charge is -2.14. The van der Waals surface area contributed by atoms with Crippen LogP contribution in [0.2, 0.25) is 10.0 Å². The van der Waals surface area contributed by atoms with Crippen LogP contribution >= 0.6 is 34.5 Å². The van der Waals surface area contributed by atoms with Crippen molar-refractivity contribution < 1.29 is 13.2 Å². The van der Waals surface area contributed by atoms with E-state index in [1.807, 2.05) is 0 Å². The van der Waals surface area contributed by atoms with Gasteiger partial charge in [-0.05, 0) is 31.2 Å². The third-order valence-electron chi connectivity index (χ3n) is 3.30. The van der Waals surface area contributed by atoms with Crippen LogP contribution in [-0.4, -0.2) is 25.9 Å². The molecule has 0 bridgehead atoms. The van der Waals surface area contributed by atoms with Crippen molar-refractivity contribution in [2.24, 2.45) is 0 Å². The van der Waals surface area contributed by atoms with Gasteiger partial charge in [0, 0.05) is 23.9 Å².